The molecule has 0 aliphatic heterocycles. The van der Waals surface area contributed by atoms with Gasteiger partial charge in [-0.2, -0.15) is 0 Å². The van der Waals surface area contributed by atoms with Crippen LogP contribution in [0, 0.1) is 0 Å². The molecule has 0 aromatic heterocycles. The molecule has 1 aromatic carbocycles. The maximum atomic E-state index is 10.7. The molecular formula is C9H8BrClO2. The molecule has 1 aromatic rings. The van der Waals surface area contributed by atoms with E-state index in [0.717, 1.165) is 12.0 Å². The van der Waals surface area contributed by atoms with Crippen LogP contribution in [-0.2, 0) is 6.42 Å². The molecule has 0 radical (unpaired) electrons. The van der Waals surface area contributed by atoms with Crippen LogP contribution in [0.25, 0.3) is 0 Å². The Bertz CT molecular complexity index is 350. The van der Waals surface area contributed by atoms with Crippen molar-refractivity contribution in [3.05, 3.63) is 32.8 Å². The molecule has 4 heteroatoms. The molecule has 0 amide bonds. The number of carboxylic acid groups (broad SMARTS) is 1. The number of rotatable bonds is 2. The highest BCUT2D eigenvalue weighted by molar-refractivity contribution is 9.10. The topological polar surface area (TPSA) is 37.3 Å². The summed E-state index contributed by atoms with van der Waals surface area (Å²) in [5, 5.41) is 9.02. The summed E-state index contributed by atoms with van der Waals surface area (Å²) in [5.41, 5.74) is 1.14. The highest BCUT2D eigenvalue weighted by Crippen LogP contribution is 2.30. The normalized spacial score (nSPS) is 10.1. The lowest BCUT2D eigenvalue weighted by Crippen LogP contribution is -1.99. The predicted molar refractivity (Wildman–Crippen MR) is 55.5 cm³/mol. The SMILES string of the molecule is CCc1ccc(C(=O)O)c(Cl)c1Br. The van der Waals surface area contributed by atoms with E-state index in [4.69, 9.17) is 16.7 Å². The minimum absolute atomic E-state index is 0.130. The monoisotopic (exact) mass is 262 g/mol. The summed E-state index contributed by atoms with van der Waals surface area (Å²) in [4.78, 5) is 10.7. The fraction of sp³-hybridized carbons (Fsp3) is 0.222. The molecule has 0 spiro atoms. The lowest BCUT2D eigenvalue weighted by molar-refractivity contribution is 0.0697. The fourth-order valence-corrected chi connectivity index (χ4v) is 1.92. The molecule has 0 saturated heterocycles. The molecular weight excluding hydrogens is 255 g/mol. The number of hydrogen-bond acceptors (Lipinski definition) is 1. The van der Waals surface area contributed by atoms with Gasteiger partial charge in [0.05, 0.1) is 10.6 Å². The third kappa shape index (κ3) is 2.03. The summed E-state index contributed by atoms with van der Waals surface area (Å²) in [6, 6.07) is 3.29. The van der Waals surface area contributed by atoms with E-state index in [1.807, 2.05) is 6.92 Å². The highest BCUT2D eigenvalue weighted by Gasteiger charge is 2.13. The smallest absolute Gasteiger partial charge is 0.337 e. The maximum absolute atomic E-state index is 10.7. The van der Waals surface area contributed by atoms with Gasteiger partial charge >= 0.3 is 5.97 Å². The Morgan fingerprint density at radius 2 is 2.23 bits per heavy atom. The van der Waals surface area contributed by atoms with E-state index in [9.17, 15) is 4.79 Å². The van der Waals surface area contributed by atoms with E-state index in [1.165, 1.54) is 6.07 Å². The molecule has 13 heavy (non-hydrogen) atoms. The van der Waals surface area contributed by atoms with Crippen LogP contribution in [0.5, 0.6) is 0 Å². The zero-order valence-electron chi connectivity index (χ0n) is 6.97. The van der Waals surface area contributed by atoms with Crippen LogP contribution in [0.3, 0.4) is 0 Å². The number of benzene rings is 1. The number of aryl methyl sites for hydroxylation is 1. The molecule has 1 rings (SSSR count). The first-order valence-electron chi connectivity index (χ1n) is 3.78. The average molecular weight is 264 g/mol. The Morgan fingerprint density at radius 3 is 2.69 bits per heavy atom. The second-order valence-electron chi connectivity index (χ2n) is 2.56. The molecule has 0 bridgehead atoms. The van der Waals surface area contributed by atoms with Crippen molar-refractivity contribution in [3.63, 3.8) is 0 Å². The molecule has 70 valence electrons. The molecule has 0 heterocycles. The van der Waals surface area contributed by atoms with Crippen LogP contribution in [0.2, 0.25) is 5.02 Å². The molecule has 1 N–H and O–H groups in total. The van der Waals surface area contributed by atoms with Crippen molar-refractivity contribution < 1.29 is 9.90 Å². The van der Waals surface area contributed by atoms with Crippen LogP contribution in [0.1, 0.15) is 22.8 Å². The molecule has 0 aliphatic carbocycles. The van der Waals surface area contributed by atoms with E-state index >= 15 is 0 Å². The van der Waals surface area contributed by atoms with Crippen LogP contribution in [0.4, 0.5) is 0 Å². The Labute approximate surface area is 89.7 Å². The maximum Gasteiger partial charge on any atom is 0.337 e. The van der Waals surface area contributed by atoms with Crippen molar-refractivity contribution in [2.75, 3.05) is 0 Å². The second kappa shape index (κ2) is 4.11. The third-order valence-corrected chi connectivity index (χ3v) is 3.30. The Balaban J connectivity index is 3.31. The zero-order valence-corrected chi connectivity index (χ0v) is 9.32. The van der Waals surface area contributed by atoms with Crippen LogP contribution in [0.15, 0.2) is 16.6 Å². The van der Waals surface area contributed by atoms with E-state index in [0.29, 0.717) is 4.47 Å². The Kier molecular flexibility index (Phi) is 3.33. The van der Waals surface area contributed by atoms with Crippen LogP contribution < -0.4 is 0 Å². The lowest BCUT2D eigenvalue weighted by Gasteiger charge is -2.05. The van der Waals surface area contributed by atoms with Crippen molar-refractivity contribution in [1.82, 2.24) is 0 Å². The first-order valence-corrected chi connectivity index (χ1v) is 4.95. The number of carboxylic acids is 1. The summed E-state index contributed by atoms with van der Waals surface area (Å²) < 4.78 is 0.677. The first-order chi connectivity index (χ1) is 6.07. The summed E-state index contributed by atoms with van der Waals surface area (Å²) in [5.74, 6) is -1.01. The standard InChI is InChI=1S/C9H8BrClO2/c1-2-5-3-4-6(9(12)13)8(11)7(5)10/h3-4H,2H2,1H3,(H,12,13). The van der Waals surface area contributed by atoms with Gasteiger partial charge in [0.2, 0.25) is 0 Å². The van der Waals surface area contributed by atoms with E-state index < -0.39 is 5.97 Å². The summed E-state index contributed by atoms with van der Waals surface area (Å²) in [6.45, 7) is 1.98. The number of halogens is 2. The number of carbonyl (C=O) groups is 1. The molecule has 0 saturated carbocycles. The molecule has 0 unspecified atom stereocenters. The van der Waals surface area contributed by atoms with Crippen molar-refractivity contribution >= 4 is 33.5 Å². The third-order valence-electron chi connectivity index (χ3n) is 1.77. The van der Waals surface area contributed by atoms with Crippen molar-refractivity contribution in [1.29, 1.82) is 0 Å². The van der Waals surface area contributed by atoms with Gasteiger partial charge in [0.1, 0.15) is 0 Å². The van der Waals surface area contributed by atoms with E-state index in [2.05, 4.69) is 15.9 Å². The highest BCUT2D eigenvalue weighted by atomic mass is 79.9. The number of aromatic carboxylic acids is 1. The second-order valence-corrected chi connectivity index (χ2v) is 3.73. The average Bonchev–Trinajstić information content (AvgIpc) is 2.09. The van der Waals surface area contributed by atoms with Gasteiger partial charge in [-0.3, -0.25) is 0 Å². The van der Waals surface area contributed by atoms with Crippen molar-refractivity contribution in [3.8, 4) is 0 Å². The quantitative estimate of drug-likeness (QED) is 0.888. The molecule has 0 atom stereocenters. The molecule has 2 nitrogen and oxygen atoms in total. The number of hydrogen-bond donors (Lipinski definition) is 1. The van der Waals surface area contributed by atoms with Gasteiger partial charge in [0.25, 0.3) is 0 Å². The molecule has 0 fully saturated rings. The van der Waals surface area contributed by atoms with Gasteiger partial charge < -0.3 is 5.11 Å². The Hall–Kier alpha value is -0.540. The van der Waals surface area contributed by atoms with Crippen LogP contribution >= 0.6 is 27.5 Å². The minimum atomic E-state index is -1.01. The van der Waals surface area contributed by atoms with Gasteiger partial charge in [-0.15, -0.1) is 0 Å². The van der Waals surface area contributed by atoms with Gasteiger partial charge in [0, 0.05) is 4.47 Å². The largest absolute Gasteiger partial charge is 0.478 e. The first kappa shape index (κ1) is 10.5. The lowest BCUT2D eigenvalue weighted by atomic mass is 10.1. The summed E-state index contributed by atoms with van der Waals surface area (Å²) in [6.07, 6.45) is 0.820. The van der Waals surface area contributed by atoms with Gasteiger partial charge in [-0.1, -0.05) is 24.6 Å². The van der Waals surface area contributed by atoms with Gasteiger partial charge in [-0.05, 0) is 34.0 Å². The minimum Gasteiger partial charge on any atom is -0.478 e. The molecule has 0 aliphatic rings. The van der Waals surface area contributed by atoms with Crippen LogP contribution in [-0.4, -0.2) is 11.1 Å². The van der Waals surface area contributed by atoms with Gasteiger partial charge in [-0.25, -0.2) is 4.79 Å². The van der Waals surface area contributed by atoms with E-state index in [-0.39, 0.29) is 10.6 Å². The zero-order chi connectivity index (χ0) is 10.0. The van der Waals surface area contributed by atoms with Crippen molar-refractivity contribution in [2.45, 2.75) is 13.3 Å². The summed E-state index contributed by atoms with van der Waals surface area (Å²) in [7, 11) is 0. The van der Waals surface area contributed by atoms with Gasteiger partial charge in [0.15, 0.2) is 0 Å². The predicted octanol–water partition coefficient (Wildman–Crippen LogP) is 3.36. The Morgan fingerprint density at radius 1 is 1.62 bits per heavy atom. The summed E-state index contributed by atoms with van der Waals surface area (Å²) >= 11 is 9.11. The van der Waals surface area contributed by atoms with E-state index in [1.54, 1.807) is 6.07 Å². The fourth-order valence-electron chi connectivity index (χ4n) is 1.03. The van der Waals surface area contributed by atoms with Crippen molar-refractivity contribution in [2.24, 2.45) is 0 Å².